The molecule has 0 radical (unpaired) electrons. The third-order valence-electron chi connectivity index (χ3n) is 8.81. The molecule has 0 saturated carbocycles. The van der Waals surface area contributed by atoms with Crippen LogP contribution in [0.25, 0.3) is 21.8 Å². The monoisotopic (exact) mass is 523 g/mol. The normalized spacial score (nSPS) is 18.0. The quantitative estimate of drug-likeness (QED) is 0.213. The van der Waals surface area contributed by atoms with Gasteiger partial charge in [0, 0.05) is 50.8 Å². The smallest absolute Gasteiger partial charge is 0.0459 e. The van der Waals surface area contributed by atoms with Crippen molar-refractivity contribution in [1.29, 1.82) is 0 Å². The van der Waals surface area contributed by atoms with E-state index in [-0.39, 0.29) is 0 Å². The maximum absolute atomic E-state index is 3.83. The molecular weight excluding hydrogens is 486 g/mol. The van der Waals surface area contributed by atoms with Gasteiger partial charge >= 0.3 is 0 Å². The molecule has 2 unspecified atom stereocenters. The standard InChI is InChI=1S/C25H24N2.C12H13N/c1-17-11-13-18(14-12-17)24-22(26-19-7-3-2-4-8-19)15-16-23-25(24)20-9-5-6-10-21(20)27-23;1-3-7-11-9(5-1)10-6-2-4-8-12(10)13-11/h2-14,22,24,26-27H,15-16H2,1H3;1,3,5,7,13H,2,4,6,8H2. The van der Waals surface area contributed by atoms with Crippen molar-refractivity contribution >= 4 is 27.5 Å². The Hall–Kier alpha value is -4.24. The molecule has 6 aromatic rings. The highest BCUT2D eigenvalue weighted by Crippen LogP contribution is 2.42. The molecule has 0 bridgehead atoms. The van der Waals surface area contributed by atoms with Crippen LogP contribution in [-0.4, -0.2) is 16.0 Å². The minimum absolute atomic E-state index is 0.339. The minimum Gasteiger partial charge on any atom is -0.381 e. The van der Waals surface area contributed by atoms with Crippen LogP contribution in [0.4, 0.5) is 5.69 Å². The molecule has 2 aromatic heterocycles. The van der Waals surface area contributed by atoms with E-state index in [4.69, 9.17) is 0 Å². The predicted molar refractivity (Wildman–Crippen MR) is 168 cm³/mol. The summed E-state index contributed by atoms with van der Waals surface area (Å²) in [6.45, 7) is 2.15. The highest BCUT2D eigenvalue weighted by atomic mass is 14.9. The lowest BCUT2D eigenvalue weighted by Crippen LogP contribution is -2.32. The van der Waals surface area contributed by atoms with Crippen LogP contribution in [0.3, 0.4) is 0 Å². The number of aryl methyl sites for hydroxylation is 4. The summed E-state index contributed by atoms with van der Waals surface area (Å²) in [5.74, 6) is 0.339. The first kappa shape index (κ1) is 24.8. The third-order valence-corrected chi connectivity index (χ3v) is 8.81. The average Bonchev–Trinajstić information content (AvgIpc) is 3.57. The molecule has 2 heterocycles. The average molecular weight is 524 g/mol. The SMILES string of the molecule is Cc1ccc(C2c3c([nH]c4ccccc34)CCC2Nc2ccccc2)cc1.c1ccc2c3c([nH]c2c1)CCCC3. The molecule has 200 valence electrons. The molecule has 2 aliphatic carbocycles. The Morgan fingerprint density at radius 2 is 1.27 bits per heavy atom. The van der Waals surface area contributed by atoms with Crippen LogP contribution in [0.1, 0.15) is 58.8 Å². The van der Waals surface area contributed by atoms with Crippen molar-refractivity contribution in [3.8, 4) is 0 Å². The number of hydrogen-bond donors (Lipinski definition) is 3. The molecule has 0 aliphatic heterocycles. The summed E-state index contributed by atoms with van der Waals surface area (Å²) in [4.78, 5) is 7.20. The first-order valence-corrected chi connectivity index (χ1v) is 14.8. The Balaban J connectivity index is 0.000000169. The van der Waals surface area contributed by atoms with Gasteiger partial charge in [0.25, 0.3) is 0 Å². The van der Waals surface area contributed by atoms with E-state index in [9.17, 15) is 0 Å². The largest absolute Gasteiger partial charge is 0.381 e. The number of rotatable bonds is 3. The van der Waals surface area contributed by atoms with Crippen molar-refractivity contribution in [3.63, 3.8) is 0 Å². The molecule has 0 amide bonds. The Kier molecular flexibility index (Phi) is 6.65. The van der Waals surface area contributed by atoms with Gasteiger partial charge in [-0.25, -0.2) is 0 Å². The van der Waals surface area contributed by atoms with Crippen LogP contribution in [0, 0.1) is 6.92 Å². The number of benzene rings is 4. The minimum atomic E-state index is 0.339. The molecule has 2 atom stereocenters. The second kappa shape index (κ2) is 10.7. The first-order chi connectivity index (χ1) is 19.7. The maximum Gasteiger partial charge on any atom is 0.0459 e. The van der Waals surface area contributed by atoms with Gasteiger partial charge in [-0.1, -0.05) is 84.4 Å². The fraction of sp³-hybridized carbons (Fsp3) is 0.243. The summed E-state index contributed by atoms with van der Waals surface area (Å²) in [5.41, 5.74) is 12.4. The van der Waals surface area contributed by atoms with Gasteiger partial charge in [-0.05, 0) is 86.4 Å². The number of H-pyrrole nitrogens is 2. The number of para-hydroxylation sites is 3. The number of fused-ring (bicyclic) bond motifs is 6. The number of aromatic nitrogens is 2. The number of hydrogen-bond acceptors (Lipinski definition) is 1. The van der Waals surface area contributed by atoms with E-state index in [1.54, 1.807) is 5.56 Å². The molecule has 40 heavy (non-hydrogen) atoms. The summed E-state index contributed by atoms with van der Waals surface area (Å²) >= 11 is 0. The summed E-state index contributed by atoms with van der Waals surface area (Å²) in [7, 11) is 0. The molecule has 0 fully saturated rings. The fourth-order valence-electron chi connectivity index (χ4n) is 6.87. The molecule has 3 nitrogen and oxygen atoms in total. The van der Waals surface area contributed by atoms with Crippen molar-refractivity contribution in [2.24, 2.45) is 0 Å². The Morgan fingerprint density at radius 1 is 0.625 bits per heavy atom. The lowest BCUT2D eigenvalue weighted by molar-refractivity contribution is 0.548. The van der Waals surface area contributed by atoms with Crippen LogP contribution >= 0.6 is 0 Å². The Labute approximate surface area is 236 Å². The van der Waals surface area contributed by atoms with Gasteiger partial charge in [-0.15, -0.1) is 0 Å². The number of aromatic amines is 2. The van der Waals surface area contributed by atoms with Gasteiger partial charge in [-0.2, -0.15) is 0 Å². The second-order valence-corrected chi connectivity index (χ2v) is 11.4. The van der Waals surface area contributed by atoms with Crippen LogP contribution in [0.5, 0.6) is 0 Å². The first-order valence-electron chi connectivity index (χ1n) is 14.8. The topological polar surface area (TPSA) is 43.6 Å². The Morgan fingerprint density at radius 3 is 2.08 bits per heavy atom. The molecule has 3 heteroatoms. The van der Waals surface area contributed by atoms with Crippen LogP contribution in [-0.2, 0) is 19.3 Å². The van der Waals surface area contributed by atoms with E-state index in [1.807, 2.05) is 0 Å². The number of nitrogens with one attached hydrogen (secondary N) is 3. The molecule has 3 N–H and O–H groups in total. The maximum atomic E-state index is 3.83. The van der Waals surface area contributed by atoms with E-state index < -0.39 is 0 Å². The lowest BCUT2D eigenvalue weighted by Gasteiger charge is -2.34. The fourth-order valence-corrected chi connectivity index (χ4v) is 6.87. The van der Waals surface area contributed by atoms with E-state index >= 15 is 0 Å². The molecule has 0 spiro atoms. The van der Waals surface area contributed by atoms with E-state index in [2.05, 4.69) is 125 Å². The highest BCUT2D eigenvalue weighted by Gasteiger charge is 2.33. The van der Waals surface area contributed by atoms with Crippen molar-refractivity contribution in [2.45, 2.75) is 57.4 Å². The van der Waals surface area contributed by atoms with Crippen molar-refractivity contribution < 1.29 is 0 Å². The number of anilines is 1. The van der Waals surface area contributed by atoms with Crippen molar-refractivity contribution in [1.82, 2.24) is 9.97 Å². The second-order valence-electron chi connectivity index (χ2n) is 11.4. The van der Waals surface area contributed by atoms with E-state index in [0.29, 0.717) is 12.0 Å². The van der Waals surface area contributed by atoms with Gasteiger partial charge in [0.2, 0.25) is 0 Å². The lowest BCUT2D eigenvalue weighted by atomic mass is 9.77. The van der Waals surface area contributed by atoms with Crippen LogP contribution in [0.2, 0.25) is 0 Å². The highest BCUT2D eigenvalue weighted by molar-refractivity contribution is 5.86. The zero-order valence-corrected chi connectivity index (χ0v) is 23.2. The van der Waals surface area contributed by atoms with E-state index in [0.717, 1.165) is 12.8 Å². The summed E-state index contributed by atoms with van der Waals surface area (Å²) in [5, 5.41) is 6.63. The van der Waals surface area contributed by atoms with Crippen LogP contribution < -0.4 is 5.32 Å². The molecule has 2 aliphatic rings. The van der Waals surface area contributed by atoms with Gasteiger partial charge in [0.15, 0.2) is 0 Å². The predicted octanol–water partition coefficient (Wildman–Crippen LogP) is 9.08. The Bertz CT molecular complexity index is 1740. The van der Waals surface area contributed by atoms with E-state index in [1.165, 1.54) is 81.3 Å². The van der Waals surface area contributed by atoms with Gasteiger partial charge in [-0.3, -0.25) is 0 Å². The van der Waals surface area contributed by atoms with Gasteiger partial charge in [0.05, 0.1) is 0 Å². The van der Waals surface area contributed by atoms with Crippen molar-refractivity contribution in [2.75, 3.05) is 5.32 Å². The van der Waals surface area contributed by atoms with Crippen LogP contribution in [0.15, 0.2) is 103 Å². The molecular formula is C37H37N3. The molecule has 8 rings (SSSR count). The van der Waals surface area contributed by atoms with Gasteiger partial charge < -0.3 is 15.3 Å². The summed E-state index contributed by atoms with van der Waals surface area (Å²) in [6.07, 6.45) is 7.40. The van der Waals surface area contributed by atoms with Gasteiger partial charge in [0.1, 0.15) is 0 Å². The third kappa shape index (κ3) is 4.70. The summed E-state index contributed by atoms with van der Waals surface area (Å²) in [6, 6.07) is 37.4. The molecule has 0 saturated heterocycles. The molecule has 4 aromatic carbocycles. The zero-order chi connectivity index (χ0) is 26.9. The van der Waals surface area contributed by atoms with Crippen molar-refractivity contribution in [3.05, 3.63) is 137 Å². The summed E-state index contributed by atoms with van der Waals surface area (Å²) < 4.78 is 0. The zero-order valence-electron chi connectivity index (χ0n) is 23.2.